The number of para-hydroxylation sites is 1. The molecular weight excluding hydrogens is 382 g/mol. The van der Waals surface area contributed by atoms with Crippen LogP contribution < -0.4 is 14.8 Å². The maximum Gasteiger partial charge on any atom is 0.317 e. The van der Waals surface area contributed by atoms with Gasteiger partial charge in [-0.05, 0) is 42.7 Å². The highest BCUT2D eigenvalue weighted by atomic mass is 16.5. The third kappa shape index (κ3) is 5.07. The molecule has 2 aliphatic rings. The van der Waals surface area contributed by atoms with Gasteiger partial charge in [0.25, 0.3) is 0 Å². The fourth-order valence-corrected chi connectivity index (χ4v) is 4.57. The lowest BCUT2D eigenvalue weighted by molar-refractivity contribution is -0.131. The number of amides is 3. The quantitative estimate of drug-likeness (QED) is 0.695. The molecule has 30 heavy (non-hydrogen) atoms. The van der Waals surface area contributed by atoms with Gasteiger partial charge >= 0.3 is 6.03 Å². The van der Waals surface area contributed by atoms with E-state index in [0.29, 0.717) is 43.6 Å². The van der Waals surface area contributed by atoms with E-state index in [9.17, 15) is 9.59 Å². The maximum atomic E-state index is 12.9. The first-order chi connectivity index (χ1) is 14.6. The normalized spacial score (nSPS) is 21.5. The summed E-state index contributed by atoms with van der Waals surface area (Å²) < 4.78 is 10.9. The van der Waals surface area contributed by atoms with Crippen molar-refractivity contribution in [2.75, 3.05) is 46.9 Å². The first-order valence-electron chi connectivity index (χ1n) is 10.7. The zero-order valence-electron chi connectivity index (χ0n) is 18.1. The van der Waals surface area contributed by atoms with Crippen LogP contribution in [0.2, 0.25) is 0 Å². The molecule has 7 nitrogen and oxygen atoms in total. The minimum Gasteiger partial charge on any atom is -0.493 e. The van der Waals surface area contributed by atoms with Crippen molar-refractivity contribution in [3.8, 4) is 11.5 Å². The third-order valence-electron chi connectivity index (χ3n) is 6.27. The van der Waals surface area contributed by atoms with E-state index >= 15 is 0 Å². The Morgan fingerprint density at radius 3 is 2.77 bits per heavy atom. The van der Waals surface area contributed by atoms with Crippen molar-refractivity contribution in [1.29, 1.82) is 0 Å². The molecule has 2 fully saturated rings. The lowest BCUT2D eigenvalue weighted by atomic mass is 9.82. The number of carbonyl (C=O) groups is 2. The second-order valence-electron chi connectivity index (χ2n) is 8.01. The Bertz CT molecular complexity index is 767. The third-order valence-corrected chi connectivity index (χ3v) is 6.27. The Kier molecular flexibility index (Phi) is 7.60. The molecule has 7 heteroatoms. The Morgan fingerprint density at radius 2 is 2.03 bits per heavy atom. The van der Waals surface area contributed by atoms with E-state index in [0.717, 1.165) is 43.7 Å². The van der Waals surface area contributed by atoms with Crippen molar-refractivity contribution in [2.24, 2.45) is 11.8 Å². The van der Waals surface area contributed by atoms with Gasteiger partial charge in [-0.1, -0.05) is 18.2 Å². The van der Waals surface area contributed by atoms with Crippen LogP contribution in [0.1, 0.15) is 24.8 Å². The molecule has 0 radical (unpaired) electrons. The molecule has 2 atom stereocenters. The molecule has 3 rings (SSSR count). The molecule has 1 N–H and O–H groups in total. The minimum absolute atomic E-state index is 0.0362. The van der Waals surface area contributed by atoms with Crippen LogP contribution in [0, 0.1) is 11.8 Å². The fraction of sp³-hybridized carbons (Fsp3) is 0.565. The molecule has 0 saturated carbocycles. The largest absolute Gasteiger partial charge is 0.493 e. The number of carbonyl (C=O) groups excluding carboxylic acids is 2. The van der Waals surface area contributed by atoms with Crippen LogP contribution in [0.5, 0.6) is 11.5 Å². The second kappa shape index (κ2) is 10.4. The number of hydrogen-bond donors (Lipinski definition) is 1. The van der Waals surface area contributed by atoms with Gasteiger partial charge < -0.3 is 24.6 Å². The monoisotopic (exact) mass is 415 g/mol. The predicted molar refractivity (Wildman–Crippen MR) is 116 cm³/mol. The van der Waals surface area contributed by atoms with Gasteiger partial charge in [-0.2, -0.15) is 0 Å². The Balaban J connectivity index is 1.59. The summed E-state index contributed by atoms with van der Waals surface area (Å²) in [5, 5.41) is 2.86. The van der Waals surface area contributed by atoms with Gasteiger partial charge in [0.1, 0.15) is 0 Å². The molecule has 2 saturated heterocycles. The van der Waals surface area contributed by atoms with E-state index in [1.54, 1.807) is 20.3 Å². The van der Waals surface area contributed by atoms with Crippen molar-refractivity contribution in [1.82, 2.24) is 15.1 Å². The van der Waals surface area contributed by atoms with Gasteiger partial charge in [0.05, 0.1) is 14.2 Å². The molecule has 0 bridgehead atoms. The Morgan fingerprint density at radius 1 is 1.23 bits per heavy atom. The number of nitrogens with zero attached hydrogens (tertiary/aromatic N) is 2. The van der Waals surface area contributed by atoms with Crippen LogP contribution in [0.25, 0.3) is 0 Å². The van der Waals surface area contributed by atoms with Crippen LogP contribution in [0.4, 0.5) is 4.79 Å². The van der Waals surface area contributed by atoms with Crippen LogP contribution in [-0.2, 0) is 11.2 Å². The van der Waals surface area contributed by atoms with Gasteiger partial charge in [0, 0.05) is 39.1 Å². The summed E-state index contributed by atoms with van der Waals surface area (Å²) >= 11 is 0. The number of likely N-dealkylation sites (tertiary alicyclic amines) is 2. The molecule has 0 spiro atoms. The van der Waals surface area contributed by atoms with Gasteiger partial charge in [-0.3, -0.25) is 4.79 Å². The lowest BCUT2D eigenvalue weighted by Gasteiger charge is -2.37. The summed E-state index contributed by atoms with van der Waals surface area (Å²) in [6.07, 6.45) is 4.79. The maximum absolute atomic E-state index is 12.9. The lowest BCUT2D eigenvalue weighted by Crippen LogP contribution is -2.48. The van der Waals surface area contributed by atoms with Gasteiger partial charge in [0.15, 0.2) is 11.5 Å². The van der Waals surface area contributed by atoms with Crippen molar-refractivity contribution in [3.63, 3.8) is 0 Å². The van der Waals surface area contributed by atoms with E-state index in [2.05, 4.69) is 11.9 Å². The van der Waals surface area contributed by atoms with E-state index < -0.39 is 0 Å². The van der Waals surface area contributed by atoms with Crippen LogP contribution >= 0.6 is 0 Å². The first kappa shape index (κ1) is 22.0. The number of benzene rings is 1. The fourth-order valence-electron chi connectivity index (χ4n) is 4.57. The average Bonchev–Trinajstić information content (AvgIpc) is 2.93. The summed E-state index contributed by atoms with van der Waals surface area (Å²) in [7, 11) is 3.27. The summed E-state index contributed by atoms with van der Waals surface area (Å²) in [6.45, 7) is 6.93. The number of hydrogen-bond acceptors (Lipinski definition) is 4. The summed E-state index contributed by atoms with van der Waals surface area (Å²) in [5.74, 6) is 2.38. The van der Waals surface area contributed by atoms with E-state index in [4.69, 9.17) is 9.47 Å². The van der Waals surface area contributed by atoms with E-state index in [-0.39, 0.29) is 11.9 Å². The van der Waals surface area contributed by atoms with E-state index in [1.807, 2.05) is 28.0 Å². The van der Waals surface area contributed by atoms with Crippen molar-refractivity contribution >= 4 is 11.9 Å². The van der Waals surface area contributed by atoms with Crippen molar-refractivity contribution < 1.29 is 19.1 Å². The molecule has 2 heterocycles. The predicted octanol–water partition coefficient (Wildman–Crippen LogP) is 2.70. The molecule has 0 aromatic heterocycles. The summed E-state index contributed by atoms with van der Waals surface area (Å²) in [4.78, 5) is 29.0. The van der Waals surface area contributed by atoms with Crippen molar-refractivity contribution in [3.05, 3.63) is 36.4 Å². The number of rotatable bonds is 7. The SMILES string of the molecule is C=CCNC(=O)N1CCC2CC(=O)N(CCc3cccc(OC)c3OC)CCC2C1. The highest BCUT2D eigenvalue weighted by molar-refractivity contribution is 5.77. The number of ether oxygens (including phenoxy) is 2. The molecule has 1 aromatic carbocycles. The van der Waals surface area contributed by atoms with Crippen molar-refractivity contribution in [2.45, 2.75) is 25.7 Å². The standard InChI is InChI=1S/C23H33N3O4/c1-4-11-24-23(28)26-14-9-18-15-21(27)25(13-10-19(18)16-26)12-8-17-6-5-7-20(29-2)22(17)30-3/h4-7,18-19H,1,8-16H2,2-3H3,(H,24,28). The number of urea groups is 1. The molecule has 3 amide bonds. The molecule has 0 aliphatic carbocycles. The molecule has 1 aromatic rings. The second-order valence-corrected chi connectivity index (χ2v) is 8.01. The number of methoxy groups -OCH3 is 2. The molecule has 2 unspecified atom stereocenters. The molecule has 164 valence electrons. The Hall–Kier alpha value is -2.70. The smallest absolute Gasteiger partial charge is 0.317 e. The Labute approximate surface area is 179 Å². The zero-order chi connectivity index (χ0) is 21.5. The zero-order valence-corrected chi connectivity index (χ0v) is 18.1. The van der Waals surface area contributed by atoms with E-state index in [1.165, 1.54) is 0 Å². The highest BCUT2D eigenvalue weighted by Crippen LogP contribution is 2.34. The topological polar surface area (TPSA) is 71.1 Å². The first-order valence-corrected chi connectivity index (χ1v) is 10.7. The minimum atomic E-state index is -0.0362. The number of fused-ring (bicyclic) bond motifs is 1. The summed E-state index contributed by atoms with van der Waals surface area (Å²) in [5.41, 5.74) is 1.04. The molecule has 2 aliphatic heterocycles. The highest BCUT2D eigenvalue weighted by Gasteiger charge is 2.36. The van der Waals surface area contributed by atoms with Crippen LogP contribution in [0.3, 0.4) is 0 Å². The van der Waals surface area contributed by atoms with Crippen LogP contribution in [-0.4, -0.2) is 68.7 Å². The van der Waals surface area contributed by atoms with Crippen LogP contribution in [0.15, 0.2) is 30.9 Å². The van der Waals surface area contributed by atoms with Gasteiger partial charge in [-0.15, -0.1) is 6.58 Å². The number of nitrogens with one attached hydrogen (secondary N) is 1. The number of piperidine rings is 1. The van der Waals surface area contributed by atoms with Gasteiger partial charge in [-0.25, -0.2) is 4.79 Å². The molecular formula is C23H33N3O4. The summed E-state index contributed by atoms with van der Waals surface area (Å²) in [6, 6.07) is 5.80. The average molecular weight is 416 g/mol. The van der Waals surface area contributed by atoms with Gasteiger partial charge in [0.2, 0.25) is 5.91 Å².